The van der Waals surface area contributed by atoms with Gasteiger partial charge in [-0.25, -0.2) is 4.79 Å². The van der Waals surface area contributed by atoms with Gasteiger partial charge in [0.05, 0.1) is 12.1 Å². The summed E-state index contributed by atoms with van der Waals surface area (Å²) in [7, 11) is 0. The Kier molecular flexibility index (Phi) is 3.28. The number of benzene rings is 1. The molecule has 3 nitrogen and oxygen atoms in total. The fraction of sp³-hybridized carbons (Fsp3) is 0.214. The van der Waals surface area contributed by atoms with Crippen LogP contribution >= 0.6 is 0 Å². The van der Waals surface area contributed by atoms with Crippen molar-refractivity contribution in [3.63, 3.8) is 0 Å². The lowest BCUT2D eigenvalue weighted by molar-refractivity contribution is -0.137. The third-order valence-electron chi connectivity index (χ3n) is 2.59. The Labute approximate surface area is 100 Å². The number of nitrogens with zero attached hydrogens (tertiary/aromatic N) is 1. The molecular formula is C14H15NO2. The zero-order valence-corrected chi connectivity index (χ0v) is 10.0. The van der Waals surface area contributed by atoms with E-state index in [4.69, 9.17) is 4.74 Å². The molecule has 0 N–H and O–H groups in total. The SMILES string of the molecule is CCOC(=O)/C=C(\C)n1ccc2ccccc21. The molecule has 0 aliphatic heterocycles. The number of aromatic nitrogens is 1. The van der Waals surface area contributed by atoms with E-state index in [9.17, 15) is 4.79 Å². The number of para-hydroxylation sites is 1. The highest BCUT2D eigenvalue weighted by Gasteiger charge is 2.03. The van der Waals surface area contributed by atoms with Crippen LogP contribution in [-0.4, -0.2) is 17.1 Å². The Morgan fingerprint density at radius 2 is 2.12 bits per heavy atom. The van der Waals surface area contributed by atoms with Crippen molar-refractivity contribution in [3.05, 3.63) is 42.6 Å². The summed E-state index contributed by atoms with van der Waals surface area (Å²) in [6.07, 6.45) is 3.46. The zero-order chi connectivity index (χ0) is 12.3. The van der Waals surface area contributed by atoms with Gasteiger partial charge in [-0.1, -0.05) is 18.2 Å². The van der Waals surface area contributed by atoms with E-state index in [2.05, 4.69) is 0 Å². The first-order valence-corrected chi connectivity index (χ1v) is 5.64. The van der Waals surface area contributed by atoms with Gasteiger partial charge in [-0.05, 0) is 31.4 Å². The molecule has 0 aliphatic carbocycles. The molecule has 0 atom stereocenters. The molecule has 0 spiro atoms. The molecule has 2 aromatic rings. The van der Waals surface area contributed by atoms with Crippen molar-refractivity contribution >= 4 is 22.6 Å². The van der Waals surface area contributed by atoms with Gasteiger partial charge in [0, 0.05) is 18.0 Å². The van der Waals surface area contributed by atoms with Crippen LogP contribution in [0, 0.1) is 0 Å². The first-order chi connectivity index (χ1) is 8.22. The standard InChI is InChI=1S/C14H15NO2/c1-3-17-14(16)10-11(2)15-9-8-12-6-4-5-7-13(12)15/h4-10H,3H2,1-2H3/b11-10+. The van der Waals surface area contributed by atoms with Crippen molar-refractivity contribution < 1.29 is 9.53 Å². The van der Waals surface area contributed by atoms with E-state index in [1.165, 1.54) is 6.08 Å². The average molecular weight is 229 g/mol. The molecule has 88 valence electrons. The van der Waals surface area contributed by atoms with E-state index in [0.717, 1.165) is 16.6 Å². The lowest BCUT2D eigenvalue weighted by atomic mass is 10.2. The minimum Gasteiger partial charge on any atom is -0.463 e. The molecule has 0 saturated carbocycles. The molecule has 0 aliphatic rings. The average Bonchev–Trinajstić information content (AvgIpc) is 2.72. The summed E-state index contributed by atoms with van der Waals surface area (Å²) in [6, 6.07) is 10.1. The molecular weight excluding hydrogens is 214 g/mol. The number of hydrogen-bond acceptors (Lipinski definition) is 2. The third kappa shape index (κ3) is 2.38. The molecule has 1 heterocycles. The maximum Gasteiger partial charge on any atom is 0.332 e. The van der Waals surface area contributed by atoms with Crippen molar-refractivity contribution in [1.82, 2.24) is 4.57 Å². The van der Waals surface area contributed by atoms with Crippen LogP contribution in [0.5, 0.6) is 0 Å². The highest BCUT2D eigenvalue weighted by molar-refractivity contribution is 5.90. The summed E-state index contributed by atoms with van der Waals surface area (Å²) in [5.41, 5.74) is 1.94. The first kappa shape index (κ1) is 11.5. The number of fused-ring (bicyclic) bond motifs is 1. The van der Waals surface area contributed by atoms with Crippen LogP contribution in [0.2, 0.25) is 0 Å². The number of allylic oxidation sites excluding steroid dienone is 1. The highest BCUT2D eigenvalue weighted by atomic mass is 16.5. The normalized spacial score (nSPS) is 11.8. The summed E-state index contributed by atoms with van der Waals surface area (Å²) in [5, 5.41) is 1.16. The predicted octanol–water partition coefficient (Wildman–Crippen LogP) is 3.07. The number of rotatable bonds is 3. The largest absolute Gasteiger partial charge is 0.463 e. The summed E-state index contributed by atoms with van der Waals surface area (Å²) in [4.78, 5) is 11.4. The van der Waals surface area contributed by atoms with Crippen molar-refractivity contribution in [1.29, 1.82) is 0 Å². The highest BCUT2D eigenvalue weighted by Crippen LogP contribution is 2.18. The molecule has 2 rings (SSSR count). The Bertz CT molecular complexity index is 566. The topological polar surface area (TPSA) is 31.2 Å². The second-order valence-corrected chi connectivity index (χ2v) is 3.78. The molecule has 0 saturated heterocycles. The molecule has 0 unspecified atom stereocenters. The van der Waals surface area contributed by atoms with Crippen LogP contribution in [0.15, 0.2) is 42.6 Å². The van der Waals surface area contributed by atoms with Crippen LogP contribution in [0.25, 0.3) is 16.6 Å². The molecule has 1 aromatic carbocycles. The molecule has 3 heteroatoms. The summed E-state index contributed by atoms with van der Waals surface area (Å²) < 4.78 is 6.87. The quantitative estimate of drug-likeness (QED) is 0.598. The Morgan fingerprint density at radius 1 is 1.35 bits per heavy atom. The van der Waals surface area contributed by atoms with E-state index in [1.54, 1.807) is 6.92 Å². The minimum absolute atomic E-state index is 0.303. The molecule has 0 radical (unpaired) electrons. The Morgan fingerprint density at radius 3 is 2.88 bits per heavy atom. The van der Waals surface area contributed by atoms with Gasteiger partial charge in [-0.2, -0.15) is 0 Å². The van der Waals surface area contributed by atoms with Crippen molar-refractivity contribution in [2.24, 2.45) is 0 Å². The maximum atomic E-state index is 11.4. The lowest BCUT2D eigenvalue weighted by Gasteiger charge is -2.05. The van der Waals surface area contributed by atoms with Gasteiger partial charge < -0.3 is 9.30 Å². The monoisotopic (exact) mass is 229 g/mol. The summed E-state index contributed by atoms with van der Waals surface area (Å²) >= 11 is 0. The second-order valence-electron chi connectivity index (χ2n) is 3.78. The van der Waals surface area contributed by atoms with Crippen LogP contribution in [-0.2, 0) is 9.53 Å². The third-order valence-corrected chi connectivity index (χ3v) is 2.59. The van der Waals surface area contributed by atoms with Crippen molar-refractivity contribution in [3.8, 4) is 0 Å². The number of esters is 1. The van der Waals surface area contributed by atoms with E-state index >= 15 is 0 Å². The van der Waals surface area contributed by atoms with Gasteiger partial charge in [0.25, 0.3) is 0 Å². The van der Waals surface area contributed by atoms with Gasteiger partial charge >= 0.3 is 5.97 Å². The van der Waals surface area contributed by atoms with Gasteiger partial charge in [-0.15, -0.1) is 0 Å². The van der Waals surface area contributed by atoms with Gasteiger partial charge in [0.2, 0.25) is 0 Å². The minimum atomic E-state index is -0.303. The summed E-state index contributed by atoms with van der Waals surface area (Å²) in [6.45, 7) is 4.09. The number of carbonyl (C=O) groups is 1. The van der Waals surface area contributed by atoms with Crippen LogP contribution in [0.1, 0.15) is 13.8 Å². The van der Waals surface area contributed by atoms with Crippen molar-refractivity contribution in [2.75, 3.05) is 6.61 Å². The maximum absolute atomic E-state index is 11.4. The number of ether oxygens (including phenoxy) is 1. The molecule has 0 amide bonds. The van der Waals surface area contributed by atoms with Gasteiger partial charge in [0.15, 0.2) is 0 Å². The Hall–Kier alpha value is -2.03. The van der Waals surface area contributed by atoms with E-state index in [-0.39, 0.29) is 5.97 Å². The lowest BCUT2D eigenvalue weighted by Crippen LogP contribution is -2.02. The first-order valence-electron chi connectivity index (χ1n) is 5.64. The smallest absolute Gasteiger partial charge is 0.332 e. The van der Waals surface area contributed by atoms with Crippen molar-refractivity contribution in [2.45, 2.75) is 13.8 Å². The van der Waals surface area contributed by atoms with E-state index in [1.807, 2.05) is 48.0 Å². The van der Waals surface area contributed by atoms with Crippen LogP contribution in [0.4, 0.5) is 0 Å². The predicted molar refractivity (Wildman–Crippen MR) is 68.5 cm³/mol. The van der Waals surface area contributed by atoms with Crippen LogP contribution < -0.4 is 0 Å². The molecule has 0 fully saturated rings. The molecule has 1 aromatic heterocycles. The Balaban J connectivity index is 2.36. The number of hydrogen-bond donors (Lipinski definition) is 0. The van der Waals surface area contributed by atoms with Crippen LogP contribution in [0.3, 0.4) is 0 Å². The fourth-order valence-corrected chi connectivity index (χ4v) is 1.81. The second kappa shape index (κ2) is 4.87. The molecule has 0 bridgehead atoms. The fourth-order valence-electron chi connectivity index (χ4n) is 1.81. The summed E-state index contributed by atoms with van der Waals surface area (Å²) in [5.74, 6) is -0.303. The van der Waals surface area contributed by atoms with E-state index < -0.39 is 0 Å². The van der Waals surface area contributed by atoms with E-state index in [0.29, 0.717) is 6.61 Å². The van der Waals surface area contributed by atoms with Gasteiger partial charge in [-0.3, -0.25) is 0 Å². The molecule has 17 heavy (non-hydrogen) atoms. The zero-order valence-electron chi connectivity index (χ0n) is 10.0. The van der Waals surface area contributed by atoms with Gasteiger partial charge in [0.1, 0.15) is 0 Å². The number of carbonyl (C=O) groups excluding carboxylic acids is 1.